The Morgan fingerprint density at radius 2 is 1.76 bits per heavy atom. The molecule has 0 radical (unpaired) electrons. The molecular formula is C26H28N2O5S. The fraction of sp³-hybridized carbons (Fsp3) is 0.269. The minimum atomic E-state index is -3.86. The highest BCUT2D eigenvalue weighted by molar-refractivity contribution is 7.89. The fourth-order valence-electron chi connectivity index (χ4n) is 4.09. The van der Waals surface area contributed by atoms with Gasteiger partial charge in [0.2, 0.25) is 10.0 Å². The van der Waals surface area contributed by atoms with Crippen molar-refractivity contribution in [2.45, 2.75) is 43.2 Å². The van der Waals surface area contributed by atoms with E-state index in [0.717, 1.165) is 17.5 Å². The summed E-state index contributed by atoms with van der Waals surface area (Å²) < 4.78 is 33.9. The van der Waals surface area contributed by atoms with Gasteiger partial charge in [-0.05, 0) is 84.5 Å². The van der Waals surface area contributed by atoms with E-state index in [2.05, 4.69) is 10.0 Å². The molecule has 0 aliphatic heterocycles. The Kier molecular flexibility index (Phi) is 7.02. The molecule has 0 unspecified atom stereocenters. The number of aliphatic hydroxyl groups is 1. The lowest BCUT2D eigenvalue weighted by atomic mass is 9.86. The number of nitrogens with one attached hydrogen (secondary N) is 2. The van der Waals surface area contributed by atoms with Crippen molar-refractivity contribution in [1.82, 2.24) is 4.72 Å². The SMILES string of the molecule is CCc1ccc(S(=O)(=O)N[C@@H]2c3cc(NC(=O)c4ccc(OC)cc4)ccc3CC[C@H]2O)cc1. The van der Waals surface area contributed by atoms with Crippen LogP contribution in [-0.4, -0.2) is 32.6 Å². The Hall–Kier alpha value is -3.20. The molecule has 1 aliphatic rings. The van der Waals surface area contributed by atoms with Gasteiger partial charge in [-0.15, -0.1) is 0 Å². The summed E-state index contributed by atoms with van der Waals surface area (Å²) in [6.07, 6.45) is 0.983. The van der Waals surface area contributed by atoms with Crippen molar-refractivity contribution < 1.29 is 23.1 Å². The molecule has 3 N–H and O–H groups in total. The van der Waals surface area contributed by atoms with Crippen LogP contribution < -0.4 is 14.8 Å². The molecule has 8 heteroatoms. The van der Waals surface area contributed by atoms with Gasteiger partial charge in [-0.25, -0.2) is 13.1 Å². The van der Waals surface area contributed by atoms with Crippen molar-refractivity contribution in [3.8, 4) is 5.75 Å². The van der Waals surface area contributed by atoms with E-state index in [1.165, 1.54) is 0 Å². The number of hydrogen-bond acceptors (Lipinski definition) is 5. The smallest absolute Gasteiger partial charge is 0.255 e. The number of amides is 1. The molecule has 178 valence electrons. The van der Waals surface area contributed by atoms with E-state index in [1.54, 1.807) is 67.8 Å². The Bertz CT molecular complexity index is 1270. The zero-order chi connectivity index (χ0) is 24.3. The normalized spacial score (nSPS) is 17.6. The van der Waals surface area contributed by atoms with E-state index < -0.39 is 22.2 Å². The van der Waals surface area contributed by atoms with Crippen LogP contribution in [0.2, 0.25) is 0 Å². The van der Waals surface area contributed by atoms with Gasteiger partial charge in [0, 0.05) is 11.3 Å². The van der Waals surface area contributed by atoms with Gasteiger partial charge in [0.15, 0.2) is 0 Å². The highest BCUT2D eigenvalue weighted by Crippen LogP contribution is 2.33. The predicted molar refractivity (Wildman–Crippen MR) is 131 cm³/mol. The average molecular weight is 481 g/mol. The molecule has 0 saturated carbocycles. The second kappa shape index (κ2) is 9.97. The first-order valence-corrected chi connectivity index (χ1v) is 12.7. The van der Waals surface area contributed by atoms with E-state index in [-0.39, 0.29) is 10.8 Å². The lowest BCUT2D eigenvalue weighted by molar-refractivity contribution is 0.102. The molecule has 2 atom stereocenters. The largest absolute Gasteiger partial charge is 0.497 e. The quantitative estimate of drug-likeness (QED) is 0.477. The molecule has 0 saturated heterocycles. The second-order valence-corrected chi connectivity index (χ2v) is 10.0. The highest BCUT2D eigenvalue weighted by atomic mass is 32.2. The minimum Gasteiger partial charge on any atom is -0.497 e. The van der Waals surface area contributed by atoms with E-state index in [1.807, 2.05) is 13.0 Å². The van der Waals surface area contributed by atoms with Crippen LogP contribution >= 0.6 is 0 Å². The number of sulfonamides is 1. The summed E-state index contributed by atoms with van der Waals surface area (Å²) in [4.78, 5) is 12.8. The first kappa shape index (κ1) is 23.9. The molecule has 34 heavy (non-hydrogen) atoms. The van der Waals surface area contributed by atoms with Gasteiger partial charge in [0.05, 0.1) is 24.2 Å². The number of rotatable bonds is 7. The summed E-state index contributed by atoms with van der Waals surface area (Å²) in [5, 5.41) is 13.5. The third kappa shape index (κ3) is 5.14. The zero-order valence-electron chi connectivity index (χ0n) is 19.1. The summed E-state index contributed by atoms with van der Waals surface area (Å²) in [6.45, 7) is 2.00. The predicted octanol–water partition coefficient (Wildman–Crippen LogP) is 3.84. The van der Waals surface area contributed by atoms with Crippen LogP contribution in [0.1, 0.15) is 46.4 Å². The zero-order valence-corrected chi connectivity index (χ0v) is 19.9. The Morgan fingerprint density at radius 1 is 1.06 bits per heavy atom. The molecule has 0 aromatic heterocycles. The maximum absolute atomic E-state index is 13.1. The molecule has 0 bridgehead atoms. The number of anilines is 1. The number of aryl methyl sites for hydroxylation is 2. The summed E-state index contributed by atoms with van der Waals surface area (Å²) in [5.41, 5.74) is 3.61. The first-order valence-electron chi connectivity index (χ1n) is 11.2. The van der Waals surface area contributed by atoms with Gasteiger partial charge in [-0.1, -0.05) is 25.1 Å². The van der Waals surface area contributed by atoms with Crippen LogP contribution in [0.25, 0.3) is 0 Å². The first-order chi connectivity index (χ1) is 16.3. The third-order valence-electron chi connectivity index (χ3n) is 6.11. The second-order valence-electron chi connectivity index (χ2n) is 8.30. The standard InChI is InChI=1S/C26H28N2O5S/c1-3-17-4-13-22(14-5-17)34(31,32)28-25-23-16-20(10-6-18(23)9-15-24(25)29)27-26(30)19-7-11-21(33-2)12-8-19/h4-8,10-14,16,24-25,28-29H,3,9,15H2,1-2H3,(H,27,30)/t24-,25-/m1/s1. The molecule has 7 nitrogen and oxygen atoms in total. The van der Waals surface area contributed by atoms with E-state index in [4.69, 9.17) is 4.74 Å². The van der Waals surface area contributed by atoms with Crippen LogP contribution in [0.15, 0.2) is 71.6 Å². The van der Waals surface area contributed by atoms with Gasteiger partial charge in [0.1, 0.15) is 5.75 Å². The van der Waals surface area contributed by atoms with Gasteiger partial charge in [-0.2, -0.15) is 0 Å². The molecule has 3 aromatic rings. The molecule has 0 heterocycles. The van der Waals surface area contributed by atoms with Crippen molar-refractivity contribution >= 4 is 21.6 Å². The van der Waals surface area contributed by atoms with Crippen molar-refractivity contribution in [1.29, 1.82) is 0 Å². The van der Waals surface area contributed by atoms with E-state index in [0.29, 0.717) is 35.4 Å². The van der Waals surface area contributed by atoms with E-state index in [9.17, 15) is 18.3 Å². The van der Waals surface area contributed by atoms with Crippen LogP contribution in [0, 0.1) is 0 Å². The van der Waals surface area contributed by atoms with Gasteiger partial charge >= 0.3 is 0 Å². The van der Waals surface area contributed by atoms with Crippen LogP contribution in [0.5, 0.6) is 5.75 Å². The number of carbonyl (C=O) groups excluding carboxylic acids is 1. The summed E-state index contributed by atoms with van der Waals surface area (Å²) in [5.74, 6) is 0.353. The Labute approximate surface area is 199 Å². The number of ether oxygens (including phenoxy) is 1. The topological polar surface area (TPSA) is 105 Å². The molecular weight excluding hydrogens is 452 g/mol. The molecule has 1 amide bonds. The number of benzene rings is 3. The number of aliphatic hydroxyl groups excluding tert-OH is 1. The molecule has 0 spiro atoms. The lowest BCUT2D eigenvalue weighted by Gasteiger charge is -2.31. The number of methoxy groups -OCH3 is 1. The summed E-state index contributed by atoms with van der Waals surface area (Å²) >= 11 is 0. The van der Waals surface area contributed by atoms with Crippen LogP contribution in [-0.2, 0) is 22.9 Å². The lowest BCUT2D eigenvalue weighted by Crippen LogP contribution is -2.39. The maximum Gasteiger partial charge on any atom is 0.255 e. The minimum absolute atomic E-state index is 0.146. The summed E-state index contributed by atoms with van der Waals surface area (Å²) in [7, 11) is -2.30. The number of carbonyl (C=O) groups is 1. The van der Waals surface area contributed by atoms with E-state index >= 15 is 0 Å². The molecule has 3 aromatic carbocycles. The maximum atomic E-state index is 13.1. The van der Waals surface area contributed by atoms with Gasteiger partial charge in [0.25, 0.3) is 5.91 Å². The van der Waals surface area contributed by atoms with Crippen molar-refractivity contribution in [2.24, 2.45) is 0 Å². The number of fused-ring (bicyclic) bond motifs is 1. The molecule has 1 aliphatic carbocycles. The van der Waals surface area contributed by atoms with Gasteiger partial charge < -0.3 is 15.2 Å². The van der Waals surface area contributed by atoms with Crippen molar-refractivity contribution in [3.05, 3.63) is 89.0 Å². The molecule has 4 rings (SSSR count). The number of hydrogen-bond donors (Lipinski definition) is 3. The van der Waals surface area contributed by atoms with Gasteiger partial charge in [-0.3, -0.25) is 4.79 Å². The Morgan fingerprint density at radius 3 is 2.41 bits per heavy atom. The highest BCUT2D eigenvalue weighted by Gasteiger charge is 2.32. The van der Waals surface area contributed by atoms with Crippen LogP contribution in [0.3, 0.4) is 0 Å². The fourth-order valence-corrected chi connectivity index (χ4v) is 5.34. The summed E-state index contributed by atoms with van der Waals surface area (Å²) in [6, 6.07) is 18.0. The van der Waals surface area contributed by atoms with Crippen molar-refractivity contribution in [2.75, 3.05) is 12.4 Å². The third-order valence-corrected chi connectivity index (χ3v) is 7.57. The Balaban J connectivity index is 1.58. The average Bonchev–Trinajstić information content (AvgIpc) is 2.86. The molecule has 0 fully saturated rings. The van der Waals surface area contributed by atoms with Crippen molar-refractivity contribution in [3.63, 3.8) is 0 Å². The van der Waals surface area contributed by atoms with Crippen LogP contribution in [0.4, 0.5) is 5.69 Å². The monoisotopic (exact) mass is 480 g/mol.